The summed E-state index contributed by atoms with van der Waals surface area (Å²) in [6, 6.07) is 0. The van der Waals surface area contributed by atoms with Crippen LogP contribution in [0.5, 0.6) is 0 Å². The van der Waals surface area contributed by atoms with Gasteiger partial charge in [-0.05, 0) is 6.42 Å². The van der Waals surface area contributed by atoms with E-state index in [1.54, 1.807) is 0 Å². The van der Waals surface area contributed by atoms with Gasteiger partial charge in [0.1, 0.15) is 12.6 Å². The molecule has 0 radical (unpaired) electrons. The largest absolute Gasteiger partial charge is 0.390 e. The third-order valence-corrected chi connectivity index (χ3v) is 2.66. The maximum absolute atomic E-state index is 11.5. The zero-order chi connectivity index (χ0) is 11.7. The zero-order valence-corrected chi connectivity index (χ0v) is 8.91. The molecule has 7 heteroatoms. The number of aliphatic hydroxyl groups is 1. The number of nitrogens with two attached hydrogens (primary N) is 1. The molecule has 1 saturated heterocycles. The molecule has 0 bridgehead atoms. The number of hydrogen-bond acceptors (Lipinski definition) is 6. The normalized spacial score (nSPS) is 29.5. The molecule has 1 aromatic heterocycles. The lowest BCUT2D eigenvalue weighted by molar-refractivity contribution is -0.0221. The van der Waals surface area contributed by atoms with Gasteiger partial charge in [-0.1, -0.05) is 6.92 Å². The Balaban J connectivity index is 2.23. The molecule has 3 N–H and O–H groups in total. The monoisotopic (exact) mass is 226 g/mol. The molecule has 1 aliphatic heterocycles. The Hall–Kier alpha value is -1.47. The van der Waals surface area contributed by atoms with Crippen molar-refractivity contribution in [1.29, 1.82) is 0 Å². The van der Waals surface area contributed by atoms with E-state index in [9.17, 15) is 9.90 Å². The molecule has 0 amide bonds. The molecule has 1 aliphatic rings. The van der Waals surface area contributed by atoms with Crippen molar-refractivity contribution >= 4 is 5.95 Å². The summed E-state index contributed by atoms with van der Waals surface area (Å²) in [5.74, 6) is -0.0631. The van der Waals surface area contributed by atoms with Gasteiger partial charge in [0.15, 0.2) is 0 Å². The molecule has 0 unspecified atom stereocenters. The van der Waals surface area contributed by atoms with Crippen molar-refractivity contribution < 1.29 is 9.84 Å². The van der Waals surface area contributed by atoms with E-state index >= 15 is 0 Å². The number of nitrogens with zero attached hydrogens (tertiary/aromatic N) is 3. The lowest BCUT2D eigenvalue weighted by Crippen LogP contribution is -2.28. The summed E-state index contributed by atoms with van der Waals surface area (Å²) >= 11 is 0. The summed E-state index contributed by atoms with van der Waals surface area (Å²) < 4.78 is 6.77. The van der Waals surface area contributed by atoms with Gasteiger partial charge in [0, 0.05) is 6.42 Å². The first-order valence-corrected chi connectivity index (χ1v) is 5.16. The van der Waals surface area contributed by atoms with Gasteiger partial charge in [-0.15, -0.1) is 0 Å². The summed E-state index contributed by atoms with van der Waals surface area (Å²) in [7, 11) is 0. The number of aliphatic hydroxyl groups excluding tert-OH is 1. The average Bonchev–Trinajstić information content (AvgIpc) is 2.59. The van der Waals surface area contributed by atoms with Gasteiger partial charge in [-0.2, -0.15) is 4.98 Å². The van der Waals surface area contributed by atoms with E-state index in [2.05, 4.69) is 9.97 Å². The molecular formula is C9H14N4O3. The molecule has 0 spiro atoms. The van der Waals surface area contributed by atoms with Crippen molar-refractivity contribution in [1.82, 2.24) is 14.5 Å². The highest BCUT2D eigenvalue weighted by Crippen LogP contribution is 2.28. The van der Waals surface area contributed by atoms with E-state index < -0.39 is 18.0 Å². The topological polar surface area (TPSA) is 103 Å². The molecule has 2 heterocycles. The van der Waals surface area contributed by atoms with Gasteiger partial charge in [0.25, 0.3) is 0 Å². The van der Waals surface area contributed by atoms with Crippen molar-refractivity contribution in [3.8, 4) is 0 Å². The van der Waals surface area contributed by atoms with Crippen LogP contribution in [0.1, 0.15) is 26.0 Å². The Bertz CT molecular complexity index is 433. The molecule has 1 aromatic rings. The summed E-state index contributed by atoms with van der Waals surface area (Å²) in [5, 5.41) is 9.66. The van der Waals surface area contributed by atoms with Crippen LogP contribution in [0.15, 0.2) is 11.1 Å². The summed E-state index contributed by atoms with van der Waals surface area (Å²) in [4.78, 5) is 18.7. The number of rotatable bonds is 2. The maximum Gasteiger partial charge on any atom is 0.354 e. The quantitative estimate of drug-likeness (QED) is 0.689. The van der Waals surface area contributed by atoms with Crippen molar-refractivity contribution in [3.63, 3.8) is 0 Å². The maximum atomic E-state index is 11.5. The summed E-state index contributed by atoms with van der Waals surface area (Å²) in [5.41, 5.74) is 4.77. The van der Waals surface area contributed by atoms with Crippen molar-refractivity contribution in [3.05, 3.63) is 16.8 Å². The minimum atomic E-state index is -0.556. The van der Waals surface area contributed by atoms with Gasteiger partial charge < -0.3 is 15.6 Å². The van der Waals surface area contributed by atoms with Crippen LogP contribution in [0.3, 0.4) is 0 Å². The molecule has 0 aliphatic carbocycles. The van der Waals surface area contributed by atoms with Crippen molar-refractivity contribution in [2.45, 2.75) is 38.2 Å². The van der Waals surface area contributed by atoms with Crippen LogP contribution in [-0.4, -0.2) is 31.8 Å². The predicted octanol–water partition coefficient (Wildman–Crippen LogP) is -0.721. The van der Waals surface area contributed by atoms with Crippen LogP contribution in [-0.2, 0) is 4.74 Å². The molecule has 88 valence electrons. The van der Waals surface area contributed by atoms with E-state index in [1.165, 1.54) is 10.9 Å². The van der Waals surface area contributed by atoms with Gasteiger partial charge in [-0.3, -0.25) is 4.57 Å². The van der Waals surface area contributed by atoms with E-state index in [1.807, 2.05) is 6.92 Å². The first kappa shape index (κ1) is 11.0. The Labute approximate surface area is 91.9 Å². The van der Waals surface area contributed by atoms with Crippen LogP contribution >= 0.6 is 0 Å². The number of ether oxygens (including phenoxy) is 1. The van der Waals surface area contributed by atoms with Crippen LogP contribution < -0.4 is 11.4 Å². The highest BCUT2D eigenvalue weighted by atomic mass is 16.5. The molecule has 0 aromatic carbocycles. The second kappa shape index (κ2) is 4.18. The van der Waals surface area contributed by atoms with E-state index in [4.69, 9.17) is 10.5 Å². The van der Waals surface area contributed by atoms with Crippen LogP contribution in [0, 0.1) is 0 Å². The average molecular weight is 226 g/mol. The number of anilines is 1. The van der Waals surface area contributed by atoms with Gasteiger partial charge >= 0.3 is 5.69 Å². The zero-order valence-electron chi connectivity index (χ0n) is 8.91. The third kappa shape index (κ3) is 1.91. The Kier molecular flexibility index (Phi) is 2.88. The molecule has 7 nitrogen and oxygen atoms in total. The van der Waals surface area contributed by atoms with Gasteiger partial charge in [0.05, 0.1) is 12.2 Å². The smallest absolute Gasteiger partial charge is 0.354 e. The second-order valence-electron chi connectivity index (χ2n) is 3.74. The first-order valence-electron chi connectivity index (χ1n) is 5.16. The highest BCUT2D eigenvalue weighted by molar-refractivity contribution is 5.09. The highest BCUT2D eigenvalue weighted by Gasteiger charge is 2.34. The molecule has 2 rings (SSSR count). The van der Waals surface area contributed by atoms with E-state index in [-0.39, 0.29) is 12.1 Å². The molecule has 0 saturated carbocycles. The Morgan fingerprint density at radius 2 is 2.50 bits per heavy atom. The standard InChI is InChI=1S/C9H14N4O3/c1-2-6-5(14)3-7(16-6)13-4-11-8(10)12-9(13)15/h4-7,14H,2-3H2,1H3,(H2,10,12,15)/t5-,6+,7+/m0/s1. The predicted molar refractivity (Wildman–Crippen MR) is 55.5 cm³/mol. The van der Waals surface area contributed by atoms with Crippen molar-refractivity contribution in [2.75, 3.05) is 5.73 Å². The molecule has 3 atom stereocenters. The second-order valence-corrected chi connectivity index (χ2v) is 3.74. The summed E-state index contributed by atoms with van der Waals surface area (Å²) in [6.45, 7) is 1.92. The summed E-state index contributed by atoms with van der Waals surface area (Å²) in [6.07, 6.45) is 1.05. The number of hydrogen-bond donors (Lipinski definition) is 2. The van der Waals surface area contributed by atoms with E-state index in [0.717, 1.165) is 0 Å². The first-order chi connectivity index (χ1) is 7.61. The fraction of sp³-hybridized carbons (Fsp3) is 0.667. The van der Waals surface area contributed by atoms with Gasteiger partial charge in [0.2, 0.25) is 5.95 Å². The van der Waals surface area contributed by atoms with Crippen LogP contribution in [0.4, 0.5) is 5.95 Å². The molecule has 1 fully saturated rings. The van der Waals surface area contributed by atoms with Crippen LogP contribution in [0.25, 0.3) is 0 Å². The minimum Gasteiger partial charge on any atom is -0.390 e. The van der Waals surface area contributed by atoms with Crippen LogP contribution in [0.2, 0.25) is 0 Å². The Morgan fingerprint density at radius 1 is 1.75 bits per heavy atom. The fourth-order valence-corrected chi connectivity index (χ4v) is 1.81. The Morgan fingerprint density at radius 3 is 3.06 bits per heavy atom. The SMILES string of the molecule is CC[C@H]1O[C@@H](n2cnc(N)nc2=O)C[C@@H]1O. The van der Waals surface area contributed by atoms with Crippen molar-refractivity contribution in [2.24, 2.45) is 0 Å². The minimum absolute atomic E-state index is 0.0631. The van der Waals surface area contributed by atoms with E-state index in [0.29, 0.717) is 12.8 Å². The number of aromatic nitrogens is 3. The molecular weight excluding hydrogens is 212 g/mol. The fourth-order valence-electron chi connectivity index (χ4n) is 1.81. The van der Waals surface area contributed by atoms with Gasteiger partial charge in [-0.25, -0.2) is 9.78 Å². The molecule has 16 heavy (non-hydrogen) atoms. The lowest BCUT2D eigenvalue weighted by atomic mass is 10.1. The third-order valence-electron chi connectivity index (χ3n) is 2.66. The lowest BCUT2D eigenvalue weighted by Gasteiger charge is -2.13. The number of nitrogen functional groups attached to an aromatic ring is 1.